The second-order valence-electron chi connectivity index (χ2n) is 7.32. The van der Waals surface area contributed by atoms with Gasteiger partial charge in [0.2, 0.25) is 15.9 Å². The maximum atomic E-state index is 12.9. The largest absolute Gasteiger partial charge is 0.343 e. The fraction of sp³-hybridized carbons (Fsp3) is 0.333. The highest BCUT2D eigenvalue weighted by Gasteiger charge is 2.33. The number of benzene rings is 2. The van der Waals surface area contributed by atoms with Crippen molar-refractivity contribution >= 4 is 45.0 Å². The minimum absolute atomic E-state index is 0.0556. The van der Waals surface area contributed by atoms with Gasteiger partial charge in [-0.05, 0) is 49.2 Å². The first-order valence-electron chi connectivity index (χ1n) is 9.68. The number of rotatable bonds is 5. The molecule has 1 aliphatic rings. The number of nitrogens with one attached hydrogen (secondary N) is 1. The predicted molar refractivity (Wildman–Crippen MR) is 120 cm³/mol. The van der Waals surface area contributed by atoms with Crippen LogP contribution in [0.5, 0.6) is 0 Å². The van der Waals surface area contributed by atoms with E-state index in [1.807, 2.05) is 19.9 Å². The summed E-state index contributed by atoms with van der Waals surface area (Å²) in [5.74, 6) is -0.601. The highest BCUT2D eigenvalue weighted by atomic mass is 35.5. The van der Waals surface area contributed by atoms with Gasteiger partial charge in [-0.25, -0.2) is 8.42 Å². The molecular weight excluding hydrogens is 461 g/mol. The molecule has 166 valence electrons. The molecule has 31 heavy (non-hydrogen) atoms. The molecule has 0 unspecified atom stereocenters. The summed E-state index contributed by atoms with van der Waals surface area (Å²) in [4.78, 5) is 26.2. The molecular formula is C21H23Cl2N3O4S. The zero-order chi connectivity index (χ0) is 22.8. The molecule has 0 aromatic heterocycles. The number of carbonyl (C=O) groups is 2. The Morgan fingerprint density at radius 1 is 0.968 bits per heavy atom. The van der Waals surface area contributed by atoms with E-state index in [1.54, 1.807) is 18.2 Å². The number of hydrogen-bond acceptors (Lipinski definition) is 4. The fourth-order valence-corrected chi connectivity index (χ4v) is 5.80. The Morgan fingerprint density at radius 2 is 1.58 bits per heavy atom. The van der Waals surface area contributed by atoms with Crippen molar-refractivity contribution in [2.24, 2.45) is 0 Å². The van der Waals surface area contributed by atoms with Crippen molar-refractivity contribution in [3.05, 3.63) is 63.1 Å². The lowest BCUT2D eigenvalue weighted by Crippen LogP contribution is -2.52. The molecule has 3 rings (SSSR count). The maximum absolute atomic E-state index is 12.9. The Kier molecular flexibility index (Phi) is 7.26. The molecule has 0 radical (unpaired) electrons. The van der Waals surface area contributed by atoms with Gasteiger partial charge in [-0.1, -0.05) is 35.3 Å². The van der Waals surface area contributed by atoms with Gasteiger partial charge in [0, 0.05) is 31.7 Å². The fourth-order valence-electron chi connectivity index (χ4n) is 3.29. The van der Waals surface area contributed by atoms with Crippen molar-refractivity contribution in [2.45, 2.75) is 18.7 Å². The van der Waals surface area contributed by atoms with Crippen molar-refractivity contribution in [3.63, 3.8) is 0 Å². The summed E-state index contributed by atoms with van der Waals surface area (Å²) in [7, 11) is -3.88. The number of hydrogen-bond donors (Lipinski definition) is 1. The van der Waals surface area contributed by atoms with Gasteiger partial charge in [0.1, 0.15) is 4.90 Å². The molecule has 1 fully saturated rings. The molecule has 1 aliphatic heterocycles. The monoisotopic (exact) mass is 483 g/mol. The lowest BCUT2D eigenvalue weighted by atomic mass is 10.1. The number of amides is 2. The lowest BCUT2D eigenvalue weighted by molar-refractivity contribution is -0.131. The van der Waals surface area contributed by atoms with E-state index in [9.17, 15) is 18.0 Å². The molecule has 0 spiro atoms. The molecule has 1 heterocycles. The van der Waals surface area contributed by atoms with Gasteiger partial charge in [-0.15, -0.1) is 0 Å². The van der Waals surface area contributed by atoms with E-state index in [4.69, 9.17) is 23.2 Å². The normalized spacial score (nSPS) is 15.0. The second-order valence-corrected chi connectivity index (χ2v) is 10.0. The Balaban J connectivity index is 1.57. The van der Waals surface area contributed by atoms with E-state index in [2.05, 4.69) is 5.32 Å². The highest BCUT2D eigenvalue weighted by Crippen LogP contribution is 2.31. The molecule has 2 amide bonds. The molecule has 2 aromatic rings. The molecule has 1 saturated heterocycles. The summed E-state index contributed by atoms with van der Waals surface area (Å²) in [6.07, 6.45) is 0. The average molecular weight is 484 g/mol. The van der Waals surface area contributed by atoms with Gasteiger partial charge in [-0.2, -0.15) is 4.31 Å². The zero-order valence-electron chi connectivity index (χ0n) is 17.2. The van der Waals surface area contributed by atoms with E-state index < -0.39 is 10.0 Å². The SMILES string of the molecule is Cc1ccc(C(=O)NCC(=O)N2CCN(S(=O)(=O)c3c(Cl)cccc3Cl)CC2)cc1C. The van der Waals surface area contributed by atoms with Crippen molar-refractivity contribution in [3.8, 4) is 0 Å². The van der Waals surface area contributed by atoms with Crippen LogP contribution in [0.25, 0.3) is 0 Å². The topological polar surface area (TPSA) is 86.8 Å². The first kappa shape index (κ1) is 23.5. The number of nitrogens with zero attached hydrogens (tertiary/aromatic N) is 2. The Hall–Kier alpha value is -2.13. The Bertz CT molecular complexity index is 1090. The van der Waals surface area contributed by atoms with Crippen LogP contribution >= 0.6 is 23.2 Å². The number of sulfonamides is 1. The van der Waals surface area contributed by atoms with Crippen LogP contribution in [0.15, 0.2) is 41.3 Å². The molecule has 0 atom stereocenters. The molecule has 7 nitrogen and oxygen atoms in total. The summed E-state index contributed by atoms with van der Waals surface area (Å²) in [5.41, 5.74) is 2.57. The van der Waals surface area contributed by atoms with Crippen LogP contribution in [-0.4, -0.2) is 62.2 Å². The Morgan fingerprint density at radius 3 is 2.16 bits per heavy atom. The van der Waals surface area contributed by atoms with Crippen LogP contribution in [-0.2, 0) is 14.8 Å². The third kappa shape index (κ3) is 5.20. The summed E-state index contributed by atoms with van der Waals surface area (Å²) in [5, 5.41) is 2.74. The summed E-state index contributed by atoms with van der Waals surface area (Å²) >= 11 is 12.1. The quantitative estimate of drug-likeness (QED) is 0.707. The lowest BCUT2D eigenvalue weighted by Gasteiger charge is -2.34. The zero-order valence-corrected chi connectivity index (χ0v) is 19.5. The average Bonchev–Trinajstić information content (AvgIpc) is 2.73. The van der Waals surface area contributed by atoms with E-state index in [0.717, 1.165) is 11.1 Å². The standard InChI is InChI=1S/C21H23Cl2N3O4S/c1-14-6-7-16(12-15(14)2)21(28)24-13-19(27)25-8-10-26(11-9-25)31(29,30)20-17(22)4-3-5-18(20)23/h3-7,12H,8-11,13H2,1-2H3,(H,24,28). The number of carbonyl (C=O) groups excluding carboxylic acids is 2. The van der Waals surface area contributed by atoms with E-state index >= 15 is 0 Å². The van der Waals surface area contributed by atoms with E-state index in [1.165, 1.54) is 21.3 Å². The van der Waals surface area contributed by atoms with E-state index in [0.29, 0.717) is 5.56 Å². The van der Waals surface area contributed by atoms with Gasteiger partial charge in [-0.3, -0.25) is 9.59 Å². The Labute approximate surface area is 192 Å². The molecule has 0 bridgehead atoms. The minimum atomic E-state index is -3.88. The predicted octanol–water partition coefficient (Wildman–Crippen LogP) is 2.87. The third-order valence-corrected chi connectivity index (χ3v) is 8.13. The first-order valence-corrected chi connectivity index (χ1v) is 11.9. The van der Waals surface area contributed by atoms with E-state index in [-0.39, 0.29) is 59.5 Å². The molecule has 2 aromatic carbocycles. The number of halogens is 2. The summed E-state index contributed by atoms with van der Waals surface area (Å²) in [6, 6.07) is 9.87. The molecule has 0 aliphatic carbocycles. The van der Waals surface area contributed by atoms with Crippen LogP contribution in [0.3, 0.4) is 0 Å². The molecule has 1 N–H and O–H groups in total. The van der Waals surface area contributed by atoms with Crippen molar-refractivity contribution < 1.29 is 18.0 Å². The van der Waals surface area contributed by atoms with Crippen LogP contribution < -0.4 is 5.32 Å². The van der Waals surface area contributed by atoms with Crippen LogP contribution in [0.2, 0.25) is 10.0 Å². The van der Waals surface area contributed by atoms with Gasteiger partial charge in [0.25, 0.3) is 5.91 Å². The number of aryl methyl sites for hydroxylation is 2. The summed E-state index contributed by atoms with van der Waals surface area (Å²) in [6.45, 7) is 4.36. The van der Waals surface area contributed by atoms with Crippen molar-refractivity contribution in [1.82, 2.24) is 14.5 Å². The van der Waals surface area contributed by atoms with Crippen molar-refractivity contribution in [2.75, 3.05) is 32.7 Å². The third-order valence-electron chi connectivity index (χ3n) is 5.28. The van der Waals surface area contributed by atoms with Crippen LogP contribution in [0.4, 0.5) is 0 Å². The first-order chi connectivity index (χ1) is 14.6. The maximum Gasteiger partial charge on any atom is 0.251 e. The summed E-state index contributed by atoms with van der Waals surface area (Å²) < 4.78 is 27.1. The van der Waals surface area contributed by atoms with Gasteiger partial charge in [0.15, 0.2) is 0 Å². The molecule has 0 saturated carbocycles. The number of piperazine rings is 1. The molecule has 10 heteroatoms. The van der Waals surface area contributed by atoms with Gasteiger partial charge < -0.3 is 10.2 Å². The highest BCUT2D eigenvalue weighted by molar-refractivity contribution is 7.89. The minimum Gasteiger partial charge on any atom is -0.343 e. The van der Waals surface area contributed by atoms with Gasteiger partial charge in [0.05, 0.1) is 16.6 Å². The van der Waals surface area contributed by atoms with Gasteiger partial charge >= 0.3 is 0 Å². The smallest absolute Gasteiger partial charge is 0.251 e. The van der Waals surface area contributed by atoms with Crippen LogP contribution in [0, 0.1) is 13.8 Å². The second kappa shape index (κ2) is 9.56. The van der Waals surface area contributed by atoms with Crippen molar-refractivity contribution in [1.29, 1.82) is 0 Å². The van der Waals surface area contributed by atoms with Crippen LogP contribution in [0.1, 0.15) is 21.5 Å².